The Morgan fingerprint density at radius 3 is 2.64 bits per heavy atom. The SMILES string of the molecule is O=C(OCc1cc(=O)n2ccccc2n1)[C@H]1CCCN1S(=O)(=O)c1ccccc1C(F)(F)F. The molecule has 4 rings (SSSR count). The van der Waals surface area contributed by atoms with Crippen molar-refractivity contribution in [2.24, 2.45) is 0 Å². The van der Waals surface area contributed by atoms with Crippen LogP contribution in [0.2, 0.25) is 0 Å². The highest BCUT2D eigenvalue weighted by atomic mass is 32.2. The van der Waals surface area contributed by atoms with Crippen LogP contribution in [0, 0.1) is 0 Å². The molecule has 8 nitrogen and oxygen atoms in total. The summed E-state index contributed by atoms with van der Waals surface area (Å²) in [5, 5.41) is 0. The van der Waals surface area contributed by atoms with E-state index in [1.165, 1.54) is 22.7 Å². The summed E-state index contributed by atoms with van der Waals surface area (Å²) in [6.07, 6.45) is -2.97. The molecule has 0 aliphatic carbocycles. The molecular weight excluding hydrogens is 463 g/mol. The number of ether oxygens (including phenoxy) is 1. The van der Waals surface area contributed by atoms with Crippen LogP contribution in [0.4, 0.5) is 13.2 Å². The molecule has 12 heteroatoms. The second-order valence-electron chi connectivity index (χ2n) is 7.39. The standard InChI is InChI=1S/C21H18F3N3O5S/c22-21(23,24)15-6-1-2-8-17(15)33(30,31)27-11-5-7-16(27)20(29)32-13-14-12-19(28)26-10-4-3-9-18(26)25-14/h1-4,6,8-10,12,16H,5,7,11,13H2/t16-/m1/s1. The molecule has 33 heavy (non-hydrogen) atoms. The van der Waals surface area contributed by atoms with Crippen molar-refractivity contribution in [3.63, 3.8) is 0 Å². The Labute approximate surface area is 186 Å². The number of halogens is 3. The minimum Gasteiger partial charge on any atom is -0.458 e. The Bertz CT molecular complexity index is 1370. The minimum absolute atomic E-state index is 0.0973. The maximum Gasteiger partial charge on any atom is 0.417 e. The largest absolute Gasteiger partial charge is 0.458 e. The molecule has 3 heterocycles. The Kier molecular flexibility index (Phi) is 5.97. The summed E-state index contributed by atoms with van der Waals surface area (Å²) in [7, 11) is -4.62. The van der Waals surface area contributed by atoms with E-state index in [-0.39, 0.29) is 37.2 Å². The Morgan fingerprint density at radius 1 is 1.15 bits per heavy atom. The number of rotatable bonds is 5. The van der Waals surface area contributed by atoms with E-state index in [4.69, 9.17) is 4.74 Å². The van der Waals surface area contributed by atoms with Gasteiger partial charge in [0.15, 0.2) is 0 Å². The average molecular weight is 481 g/mol. The summed E-state index contributed by atoms with van der Waals surface area (Å²) in [5.41, 5.74) is -1.19. The van der Waals surface area contributed by atoms with Crippen molar-refractivity contribution in [3.8, 4) is 0 Å². The van der Waals surface area contributed by atoms with Crippen LogP contribution in [0.1, 0.15) is 24.1 Å². The Morgan fingerprint density at radius 2 is 1.88 bits per heavy atom. The number of sulfonamides is 1. The number of nitrogens with zero attached hydrogens (tertiary/aromatic N) is 3. The number of carbonyl (C=O) groups is 1. The summed E-state index contributed by atoms with van der Waals surface area (Å²) in [6, 6.07) is 8.66. The molecule has 0 radical (unpaired) electrons. The van der Waals surface area contributed by atoms with Gasteiger partial charge in [-0.15, -0.1) is 0 Å². The van der Waals surface area contributed by atoms with E-state index >= 15 is 0 Å². The van der Waals surface area contributed by atoms with E-state index in [0.29, 0.717) is 11.7 Å². The van der Waals surface area contributed by atoms with Crippen LogP contribution in [0.5, 0.6) is 0 Å². The molecule has 1 aliphatic rings. The molecule has 1 atom stereocenters. The molecule has 0 N–H and O–H groups in total. The highest BCUT2D eigenvalue weighted by Gasteiger charge is 2.44. The van der Waals surface area contributed by atoms with Crippen LogP contribution in [-0.4, -0.2) is 40.7 Å². The monoisotopic (exact) mass is 481 g/mol. The number of hydrogen-bond donors (Lipinski definition) is 0. The van der Waals surface area contributed by atoms with E-state index in [0.717, 1.165) is 16.4 Å². The van der Waals surface area contributed by atoms with Crippen LogP contribution in [0.15, 0.2) is 64.4 Å². The molecule has 0 amide bonds. The predicted molar refractivity (Wildman–Crippen MR) is 110 cm³/mol. The zero-order valence-electron chi connectivity index (χ0n) is 17.0. The van der Waals surface area contributed by atoms with Crippen molar-refractivity contribution < 1.29 is 31.1 Å². The van der Waals surface area contributed by atoms with Gasteiger partial charge in [0, 0.05) is 18.8 Å². The van der Waals surface area contributed by atoms with Gasteiger partial charge in [-0.05, 0) is 37.1 Å². The Hall–Kier alpha value is -3.25. The van der Waals surface area contributed by atoms with Crippen LogP contribution in [-0.2, 0) is 32.3 Å². The van der Waals surface area contributed by atoms with Gasteiger partial charge in [-0.3, -0.25) is 14.0 Å². The number of aromatic nitrogens is 2. The fourth-order valence-corrected chi connectivity index (χ4v) is 5.59. The molecule has 0 bridgehead atoms. The molecule has 2 aromatic heterocycles. The quantitative estimate of drug-likeness (QED) is 0.520. The molecule has 1 fully saturated rings. The molecular formula is C21H18F3N3O5S. The van der Waals surface area contributed by atoms with Crippen molar-refractivity contribution in [1.29, 1.82) is 0 Å². The molecule has 3 aromatic rings. The van der Waals surface area contributed by atoms with Gasteiger partial charge in [0.25, 0.3) is 5.56 Å². The van der Waals surface area contributed by atoms with Gasteiger partial charge < -0.3 is 4.74 Å². The summed E-state index contributed by atoms with van der Waals surface area (Å²) in [5.74, 6) is -0.921. The Balaban J connectivity index is 1.55. The average Bonchev–Trinajstić information content (AvgIpc) is 3.28. The zero-order chi connectivity index (χ0) is 23.8. The number of esters is 1. The van der Waals surface area contributed by atoms with Gasteiger partial charge in [-0.2, -0.15) is 17.5 Å². The lowest BCUT2D eigenvalue weighted by molar-refractivity contribution is -0.148. The van der Waals surface area contributed by atoms with Gasteiger partial charge in [0.2, 0.25) is 10.0 Å². The maximum absolute atomic E-state index is 13.4. The van der Waals surface area contributed by atoms with E-state index in [1.54, 1.807) is 18.2 Å². The zero-order valence-corrected chi connectivity index (χ0v) is 17.8. The number of benzene rings is 1. The van der Waals surface area contributed by atoms with E-state index in [2.05, 4.69) is 4.98 Å². The fourth-order valence-electron chi connectivity index (χ4n) is 3.73. The third-order valence-corrected chi connectivity index (χ3v) is 7.21. The highest BCUT2D eigenvalue weighted by molar-refractivity contribution is 7.89. The van der Waals surface area contributed by atoms with Gasteiger partial charge >= 0.3 is 12.1 Å². The number of pyridine rings is 1. The second-order valence-corrected chi connectivity index (χ2v) is 9.25. The molecule has 0 spiro atoms. The summed E-state index contributed by atoms with van der Waals surface area (Å²) >= 11 is 0. The van der Waals surface area contributed by atoms with Crippen molar-refractivity contribution >= 4 is 21.6 Å². The van der Waals surface area contributed by atoms with Crippen LogP contribution in [0.3, 0.4) is 0 Å². The summed E-state index contributed by atoms with van der Waals surface area (Å²) in [4.78, 5) is 28.1. The van der Waals surface area contributed by atoms with Gasteiger partial charge in [0.05, 0.1) is 16.2 Å². The van der Waals surface area contributed by atoms with Crippen LogP contribution < -0.4 is 5.56 Å². The first kappa shape index (κ1) is 22.9. The van der Waals surface area contributed by atoms with E-state index in [9.17, 15) is 31.2 Å². The third-order valence-electron chi connectivity index (χ3n) is 5.24. The second kappa shape index (κ2) is 8.60. The molecule has 0 saturated carbocycles. The van der Waals surface area contributed by atoms with Crippen LogP contribution >= 0.6 is 0 Å². The molecule has 174 valence electrons. The lowest BCUT2D eigenvalue weighted by atomic mass is 10.2. The summed E-state index contributed by atoms with van der Waals surface area (Å²) in [6.45, 7) is -0.507. The molecule has 1 aromatic carbocycles. The molecule has 1 aliphatic heterocycles. The lowest BCUT2D eigenvalue weighted by Crippen LogP contribution is -2.41. The number of fused-ring (bicyclic) bond motifs is 1. The van der Waals surface area contributed by atoms with E-state index < -0.39 is 38.7 Å². The number of hydrogen-bond acceptors (Lipinski definition) is 6. The van der Waals surface area contributed by atoms with Gasteiger partial charge in [-0.1, -0.05) is 18.2 Å². The maximum atomic E-state index is 13.4. The van der Waals surface area contributed by atoms with Gasteiger partial charge in [0.1, 0.15) is 18.3 Å². The third kappa shape index (κ3) is 4.48. The fraction of sp³-hybridized carbons (Fsp3) is 0.286. The molecule has 0 unspecified atom stereocenters. The number of alkyl halides is 3. The first-order valence-electron chi connectivity index (χ1n) is 9.91. The first-order chi connectivity index (χ1) is 15.6. The molecule has 1 saturated heterocycles. The first-order valence-corrected chi connectivity index (χ1v) is 11.3. The smallest absolute Gasteiger partial charge is 0.417 e. The number of carbonyl (C=O) groups excluding carboxylic acids is 1. The highest BCUT2D eigenvalue weighted by Crippen LogP contribution is 2.37. The summed E-state index contributed by atoms with van der Waals surface area (Å²) < 4.78 is 73.4. The predicted octanol–water partition coefficient (Wildman–Crippen LogP) is 2.61. The van der Waals surface area contributed by atoms with Crippen LogP contribution in [0.25, 0.3) is 5.65 Å². The van der Waals surface area contributed by atoms with Crippen molar-refractivity contribution in [1.82, 2.24) is 13.7 Å². The topological polar surface area (TPSA) is 98.1 Å². The minimum atomic E-state index is -4.88. The lowest BCUT2D eigenvalue weighted by Gasteiger charge is -2.24. The van der Waals surface area contributed by atoms with E-state index in [1.807, 2.05) is 0 Å². The van der Waals surface area contributed by atoms with Gasteiger partial charge in [-0.25, -0.2) is 13.4 Å². The van der Waals surface area contributed by atoms with Crippen molar-refractivity contribution in [3.05, 3.63) is 76.3 Å². The van der Waals surface area contributed by atoms with Crippen molar-refractivity contribution in [2.75, 3.05) is 6.54 Å². The normalized spacial score (nSPS) is 17.4. The van der Waals surface area contributed by atoms with Crippen molar-refractivity contribution in [2.45, 2.75) is 36.6 Å².